The van der Waals surface area contributed by atoms with Crippen LogP contribution in [0.1, 0.15) is 20.3 Å². The number of carboxylic acid groups (broad SMARTS) is 2. The summed E-state index contributed by atoms with van der Waals surface area (Å²) in [7, 11) is 0. The fourth-order valence-electron chi connectivity index (χ4n) is 1.62. The molecule has 1 atom stereocenters. The maximum Gasteiger partial charge on any atom is 0.321 e. The van der Waals surface area contributed by atoms with Gasteiger partial charge in [-0.15, -0.1) is 0 Å². The van der Waals surface area contributed by atoms with E-state index in [1.54, 1.807) is 13.8 Å². The first-order valence-corrected chi connectivity index (χ1v) is 5.22. The van der Waals surface area contributed by atoms with Crippen molar-refractivity contribution in [2.75, 3.05) is 13.1 Å². The van der Waals surface area contributed by atoms with Gasteiger partial charge in [0, 0.05) is 6.54 Å². The van der Waals surface area contributed by atoms with Crippen LogP contribution in [0.2, 0.25) is 0 Å². The minimum atomic E-state index is -1.09. The van der Waals surface area contributed by atoms with E-state index in [1.807, 2.05) is 0 Å². The van der Waals surface area contributed by atoms with E-state index < -0.39 is 23.9 Å². The monoisotopic (exact) mass is 246 g/mol. The molecular formula is C10H18N2O5. The van der Waals surface area contributed by atoms with Crippen molar-refractivity contribution in [2.24, 2.45) is 11.7 Å². The van der Waals surface area contributed by atoms with Gasteiger partial charge in [-0.3, -0.25) is 19.3 Å². The fraction of sp³-hybridized carbons (Fsp3) is 0.700. The van der Waals surface area contributed by atoms with E-state index in [9.17, 15) is 14.4 Å². The minimum absolute atomic E-state index is 0.0204. The van der Waals surface area contributed by atoms with Gasteiger partial charge in [0.15, 0.2) is 0 Å². The molecular weight excluding hydrogens is 228 g/mol. The van der Waals surface area contributed by atoms with Crippen LogP contribution in [0.15, 0.2) is 0 Å². The predicted molar refractivity (Wildman–Crippen MR) is 59.3 cm³/mol. The third-order valence-corrected chi connectivity index (χ3v) is 2.25. The Hall–Kier alpha value is -1.63. The van der Waals surface area contributed by atoms with E-state index >= 15 is 0 Å². The summed E-state index contributed by atoms with van der Waals surface area (Å²) >= 11 is 0. The first-order valence-electron chi connectivity index (χ1n) is 5.22. The highest BCUT2D eigenvalue weighted by Crippen LogP contribution is 2.11. The number of carboxylic acids is 2. The first-order chi connectivity index (χ1) is 7.75. The van der Waals surface area contributed by atoms with Gasteiger partial charge in [-0.05, 0) is 5.92 Å². The Morgan fingerprint density at radius 3 is 2.06 bits per heavy atom. The van der Waals surface area contributed by atoms with Crippen LogP contribution in [0, 0.1) is 5.92 Å². The molecule has 0 heterocycles. The van der Waals surface area contributed by atoms with Crippen molar-refractivity contribution < 1.29 is 24.6 Å². The zero-order valence-corrected chi connectivity index (χ0v) is 9.92. The highest BCUT2D eigenvalue weighted by atomic mass is 16.4. The summed E-state index contributed by atoms with van der Waals surface area (Å²) in [5.74, 6) is -3.07. The molecule has 0 aliphatic carbocycles. The molecule has 0 bridgehead atoms. The van der Waals surface area contributed by atoms with E-state index in [1.165, 1.54) is 4.90 Å². The quantitative estimate of drug-likeness (QED) is 0.523. The Morgan fingerprint density at radius 1 is 1.24 bits per heavy atom. The lowest BCUT2D eigenvalue weighted by atomic mass is 10.0. The summed E-state index contributed by atoms with van der Waals surface area (Å²) < 4.78 is 0. The van der Waals surface area contributed by atoms with Crippen molar-refractivity contribution in [1.29, 1.82) is 0 Å². The number of primary amides is 1. The Bertz CT molecular complexity index is 303. The lowest BCUT2D eigenvalue weighted by Crippen LogP contribution is -2.49. The largest absolute Gasteiger partial charge is 0.481 e. The predicted octanol–water partition coefficient (Wildman–Crippen LogP) is -0.642. The molecule has 0 radical (unpaired) electrons. The van der Waals surface area contributed by atoms with E-state index in [2.05, 4.69) is 0 Å². The number of hydrogen-bond donors (Lipinski definition) is 3. The zero-order chi connectivity index (χ0) is 13.6. The van der Waals surface area contributed by atoms with Gasteiger partial charge in [0.05, 0.1) is 13.0 Å². The van der Waals surface area contributed by atoms with Gasteiger partial charge < -0.3 is 15.9 Å². The Morgan fingerprint density at radius 2 is 1.76 bits per heavy atom. The van der Waals surface area contributed by atoms with E-state index in [-0.39, 0.29) is 25.4 Å². The molecule has 7 nitrogen and oxygen atoms in total. The smallest absolute Gasteiger partial charge is 0.321 e. The summed E-state index contributed by atoms with van der Waals surface area (Å²) in [5, 5.41) is 17.6. The molecule has 0 aromatic carbocycles. The van der Waals surface area contributed by atoms with Gasteiger partial charge in [0.1, 0.15) is 6.04 Å². The van der Waals surface area contributed by atoms with Crippen LogP contribution in [-0.4, -0.2) is 52.1 Å². The molecule has 98 valence electrons. The molecule has 17 heavy (non-hydrogen) atoms. The number of amides is 1. The second-order valence-electron chi connectivity index (χ2n) is 4.11. The lowest BCUT2D eigenvalue weighted by molar-refractivity contribution is -0.147. The zero-order valence-electron chi connectivity index (χ0n) is 9.92. The molecule has 0 rings (SSSR count). The number of aliphatic carboxylic acids is 2. The molecule has 0 saturated carbocycles. The summed E-state index contributed by atoms with van der Waals surface area (Å²) in [5.41, 5.74) is 5.02. The second-order valence-corrected chi connectivity index (χ2v) is 4.11. The Labute approximate surface area is 99.2 Å². The number of hydrogen-bond acceptors (Lipinski definition) is 4. The number of nitrogens with zero attached hydrogens (tertiary/aromatic N) is 1. The van der Waals surface area contributed by atoms with Crippen molar-refractivity contribution >= 4 is 17.8 Å². The molecule has 0 aliphatic heterocycles. The average Bonchev–Trinajstić information content (AvgIpc) is 2.11. The van der Waals surface area contributed by atoms with Crippen LogP contribution in [0.3, 0.4) is 0 Å². The highest BCUT2D eigenvalue weighted by molar-refractivity contribution is 5.78. The van der Waals surface area contributed by atoms with Gasteiger partial charge in [0.25, 0.3) is 0 Å². The van der Waals surface area contributed by atoms with Gasteiger partial charge in [-0.2, -0.15) is 0 Å². The van der Waals surface area contributed by atoms with Crippen LogP contribution in [0.25, 0.3) is 0 Å². The van der Waals surface area contributed by atoms with Crippen LogP contribution in [-0.2, 0) is 14.4 Å². The second kappa shape index (κ2) is 6.85. The Balaban J connectivity index is 4.78. The maximum absolute atomic E-state index is 11.1. The highest BCUT2D eigenvalue weighted by Gasteiger charge is 2.29. The molecule has 4 N–H and O–H groups in total. The fourth-order valence-corrected chi connectivity index (χ4v) is 1.62. The van der Waals surface area contributed by atoms with Crippen LogP contribution in [0.5, 0.6) is 0 Å². The number of rotatable bonds is 8. The lowest BCUT2D eigenvalue weighted by Gasteiger charge is -2.29. The first kappa shape index (κ1) is 15.4. The van der Waals surface area contributed by atoms with E-state index in [0.29, 0.717) is 0 Å². The van der Waals surface area contributed by atoms with E-state index in [4.69, 9.17) is 15.9 Å². The number of nitrogens with two attached hydrogens (primary N) is 1. The van der Waals surface area contributed by atoms with Gasteiger partial charge in [-0.25, -0.2) is 0 Å². The van der Waals surface area contributed by atoms with Gasteiger partial charge in [0.2, 0.25) is 5.91 Å². The van der Waals surface area contributed by atoms with Crippen LogP contribution < -0.4 is 5.73 Å². The summed E-state index contributed by atoms with van der Waals surface area (Å²) in [6.45, 7) is 3.09. The van der Waals surface area contributed by atoms with Crippen LogP contribution >= 0.6 is 0 Å². The van der Waals surface area contributed by atoms with Crippen molar-refractivity contribution in [2.45, 2.75) is 26.3 Å². The van der Waals surface area contributed by atoms with Crippen molar-refractivity contribution in [3.8, 4) is 0 Å². The van der Waals surface area contributed by atoms with Gasteiger partial charge in [-0.1, -0.05) is 13.8 Å². The molecule has 0 aliphatic rings. The summed E-state index contributed by atoms with van der Waals surface area (Å²) in [6.07, 6.45) is -0.232. The van der Waals surface area contributed by atoms with Crippen molar-refractivity contribution in [1.82, 2.24) is 4.90 Å². The van der Waals surface area contributed by atoms with Crippen molar-refractivity contribution in [3.05, 3.63) is 0 Å². The third-order valence-electron chi connectivity index (χ3n) is 2.25. The third kappa shape index (κ3) is 5.86. The molecule has 0 aromatic heterocycles. The minimum Gasteiger partial charge on any atom is -0.481 e. The van der Waals surface area contributed by atoms with Crippen molar-refractivity contribution in [3.63, 3.8) is 0 Å². The van der Waals surface area contributed by atoms with Crippen LogP contribution in [0.4, 0.5) is 0 Å². The molecule has 0 spiro atoms. The van der Waals surface area contributed by atoms with Gasteiger partial charge >= 0.3 is 11.9 Å². The molecule has 1 unspecified atom stereocenters. The molecule has 0 aromatic rings. The SMILES string of the molecule is CC(C)C(C(=O)O)N(CCC(=O)O)CC(N)=O. The summed E-state index contributed by atoms with van der Waals surface area (Å²) in [6, 6.07) is -0.915. The maximum atomic E-state index is 11.1. The normalized spacial score (nSPS) is 12.7. The summed E-state index contributed by atoms with van der Waals surface area (Å²) in [4.78, 5) is 33.7. The number of carbonyl (C=O) groups excluding carboxylic acids is 1. The molecule has 7 heteroatoms. The standard InChI is InChI=1S/C10H18N2O5/c1-6(2)9(10(16)17)12(5-7(11)13)4-3-8(14)15/h6,9H,3-5H2,1-2H3,(H2,11,13)(H,14,15)(H,16,17). The Kier molecular flexibility index (Phi) is 6.19. The topological polar surface area (TPSA) is 121 Å². The average molecular weight is 246 g/mol. The van der Waals surface area contributed by atoms with E-state index in [0.717, 1.165) is 0 Å². The number of carbonyl (C=O) groups is 3. The molecule has 0 fully saturated rings. The molecule has 0 saturated heterocycles. The molecule has 1 amide bonds.